The zero-order valence-corrected chi connectivity index (χ0v) is 12.6. The average Bonchev–Trinajstić information content (AvgIpc) is 2.87. The van der Waals surface area contributed by atoms with E-state index in [0.29, 0.717) is 36.1 Å². The van der Waals surface area contributed by atoms with Crippen molar-refractivity contribution in [3.05, 3.63) is 24.3 Å². The Morgan fingerprint density at radius 2 is 2.00 bits per heavy atom. The van der Waals surface area contributed by atoms with Crippen LogP contribution >= 0.6 is 0 Å². The Kier molecular flexibility index (Phi) is 5.29. The van der Waals surface area contributed by atoms with E-state index in [2.05, 4.69) is 0 Å². The van der Waals surface area contributed by atoms with E-state index in [1.807, 2.05) is 12.1 Å². The van der Waals surface area contributed by atoms with Gasteiger partial charge in [0.15, 0.2) is 9.84 Å². The highest BCUT2D eigenvalue weighted by molar-refractivity contribution is 7.91. The fourth-order valence-electron chi connectivity index (χ4n) is 2.69. The molecule has 5 heteroatoms. The summed E-state index contributed by atoms with van der Waals surface area (Å²) in [6.45, 7) is 0.410. The molecule has 4 nitrogen and oxygen atoms in total. The van der Waals surface area contributed by atoms with Crippen molar-refractivity contribution in [3.8, 4) is 5.75 Å². The molecule has 0 bridgehead atoms. The van der Waals surface area contributed by atoms with Gasteiger partial charge >= 0.3 is 0 Å². The predicted molar refractivity (Wildman–Crippen MR) is 81.6 cm³/mol. The zero-order chi connectivity index (χ0) is 14.4. The first-order valence-corrected chi connectivity index (χ1v) is 9.06. The largest absolute Gasteiger partial charge is 0.493 e. The topological polar surface area (TPSA) is 69.4 Å². The van der Waals surface area contributed by atoms with Crippen molar-refractivity contribution in [3.63, 3.8) is 0 Å². The van der Waals surface area contributed by atoms with Gasteiger partial charge in [-0.1, -0.05) is 18.9 Å². The van der Waals surface area contributed by atoms with Gasteiger partial charge in [-0.15, -0.1) is 0 Å². The lowest BCUT2D eigenvalue weighted by Gasteiger charge is -2.10. The van der Waals surface area contributed by atoms with Gasteiger partial charge in [0.1, 0.15) is 5.75 Å². The number of anilines is 1. The maximum atomic E-state index is 12.0. The van der Waals surface area contributed by atoms with Crippen LogP contribution in [0.4, 0.5) is 5.69 Å². The Hall–Kier alpha value is -1.23. The summed E-state index contributed by atoms with van der Waals surface area (Å²) in [7, 11) is -2.93. The molecule has 1 aliphatic carbocycles. The molecule has 0 radical (unpaired) electrons. The molecule has 0 aromatic heterocycles. The highest BCUT2D eigenvalue weighted by atomic mass is 32.2. The molecule has 1 saturated carbocycles. The smallest absolute Gasteiger partial charge is 0.150 e. The molecule has 20 heavy (non-hydrogen) atoms. The van der Waals surface area contributed by atoms with Crippen LogP contribution in [0, 0.1) is 5.92 Å². The van der Waals surface area contributed by atoms with Crippen LogP contribution in [0.2, 0.25) is 0 Å². The molecule has 2 rings (SSSR count). The third-order valence-electron chi connectivity index (χ3n) is 3.69. The van der Waals surface area contributed by atoms with Crippen LogP contribution in [0.25, 0.3) is 0 Å². The Bertz CT molecular complexity index is 522. The van der Waals surface area contributed by atoms with Gasteiger partial charge in [-0.3, -0.25) is 0 Å². The summed E-state index contributed by atoms with van der Waals surface area (Å²) in [5, 5.41) is 0. The Labute approximate surface area is 121 Å². The molecule has 2 N–H and O–H groups in total. The van der Waals surface area contributed by atoms with E-state index in [4.69, 9.17) is 10.5 Å². The second-order valence-electron chi connectivity index (χ2n) is 5.54. The van der Waals surface area contributed by atoms with Crippen molar-refractivity contribution in [2.75, 3.05) is 23.8 Å². The summed E-state index contributed by atoms with van der Waals surface area (Å²) >= 11 is 0. The maximum Gasteiger partial charge on any atom is 0.150 e. The summed E-state index contributed by atoms with van der Waals surface area (Å²) < 4.78 is 29.5. The molecule has 0 unspecified atom stereocenters. The van der Waals surface area contributed by atoms with Crippen LogP contribution < -0.4 is 10.5 Å². The second-order valence-corrected chi connectivity index (χ2v) is 7.77. The van der Waals surface area contributed by atoms with Crippen LogP contribution in [0.5, 0.6) is 5.75 Å². The number of sulfone groups is 1. The summed E-state index contributed by atoms with van der Waals surface area (Å²) in [4.78, 5) is 0. The zero-order valence-electron chi connectivity index (χ0n) is 11.8. The van der Waals surface area contributed by atoms with Crippen LogP contribution in [0.3, 0.4) is 0 Å². The number of hydrogen-bond acceptors (Lipinski definition) is 4. The number of ether oxygens (including phenoxy) is 1. The monoisotopic (exact) mass is 297 g/mol. The van der Waals surface area contributed by atoms with E-state index in [9.17, 15) is 8.42 Å². The van der Waals surface area contributed by atoms with Gasteiger partial charge in [0.25, 0.3) is 0 Å². The minimum atomic E-state index is -2.93. The molecule has 1 fully saturated rings. The standard InChI is InChI=1S/C15H23NO3S/c16-14-7-3-8-15(11-14)19-9-4-10-20(17,18)12-13-5-1-2-6-13/h3,7-8,11,13H,1-2,4-6,9-10,12,16H2. The highest BCUT2D eigenvalue weighted by Crippen LogP contribution is 2.26. The van der Waals surface area contributed by atoms with Crippen LogP contribution in [0.1, 0.15) is 32.1 Å². The number of nitrogens with two attached hydrogens (primary N) is 1. The number of nitrogen functional groups attached to an aromatic ring is 1. The molecule has 0 atom stereocenters. The van der Waals surface area contributed by atoms with E-state index >= 15 is 0 Å². The van der Waals surface area contributed by atoms with Gasteiger partial charge in [0.2, 0.25) is 0 Å². The fraction of sp³-hybridized carbons (Fsp3) is 0.600. The first-order chi connectivity index (χ1) is 9.55. The third kappa shape index (κ3) is 5.04. The van der Waals surface area contributed by atoms with Gasteiger partial charge in [-0.25, -0.2) is 8.42 Å². The van der Waals surface area contributed by atoms with Gasteiger partial charge < -0.3 is 10.5 Å². The molecular formula is C15H23NO3S. The fourth-order valence-corrected chi connectivity index (χ4v) is 4.47. The molecule has 1 aliphatic rings. The van der Waals surface area contributed by atoms with Crippen molar-refractivity contribution in [1.82, 2.24) is 0 Å². The first kappa shape index (κ1) is 15.2. The molecule has 1 aromatic rings. The Morgan fingerprint density at radius 3 is 2.70 bits per heavy atom. The lowest BCUT2D eigenvalue weighted by atomic mass is 10.1. The normalized spacial score (nSPS) is 16.4. The van der Waals surface area contributed by atoms with Crippen molar-refractivity contribution in [2.24, 2.45) is 5.92 Å². The molecule has 0 aliphatic heterocycles. The van der Waals surface area contributed by atoms with Gasteiger partial charge in [0.05, 0.1) is 18.1 Å². The molecule has 0 amide bonds. The molecule has 0 spiro atoms. The average molecular weight is 297 g/mol. The van der Waals surface area contributed by atoms with Gasteiger partial charge in [0, 0.05) is 11.8 Å². The van der Waals surface area contributed by atoms with Crippen LogP contribution in [0.15, 0.2) is 24.3 Å². The van der Waals surface area contributed by atoms with E-state index < -0.39 is 9.84 Å². The molecule has 1 aromatic carbocycles. The van der Waals surface area contributed by atoms with E-state index in [0.717, 1.165) is 12.8 Å². The Morgan fingerprint density at radius 1 is 1.25 bits per heavy atom. The third-order valence-corrected chi connectivity index (χ3v) is 5.58. The lowest BCUT2D eigenvalue weighted by molar-refractivity contribution is 0.318. The summed E-state index contributed by atoms with van der Waals surface area (Å²) in [6.07, 6.45) is 5.03. The van der Waals surface area contributed by atoms with Gasteiger partial charge in [-0.05, 0) is 37.3 Å². The molecule has 0 heterocycles. The van der Waals surface area contributed by atoms with Gasteiger partial charge in [-0.2, -0.15) is 0 Å². The quantitative estimate of drug-likeness (QED) is 0.620. The van der Waals surface area contributed by atoms with Crippen molar-refractivity contribution in [1.29, 1.82) is 0 Å². The molecular weight excluding hydrogens is 274 g/mol. The van der Waals surface area contributed by atoms with E-state index in [1.54, 1.807) is 12.1 Å². The summed E-state index contributed by atoms with van der Waals surface area (Å²) in [5.41, 5.74) is 6.30. The minimum absolute atomic E-state index is 0.214. The Balaban J connectivity index is 1.69. The second kappa shape index (κ2) is 6.97. The SMILES string of the molecule is Nc1cccc(OCCCS(=O)(=O)CC2CCCC2)c1. The van der Waals surface area contributed by atoms with Crippen LogP contribution in [-0.4, -0.2) is 26.5 Å². The minimum Gasteiger partial charge on any atom is -0.493 e. The summed E-state index contributed by atoms with van der Waals surface area (Å²) in [6, 6.07) is 7.18. The molecule has 112 valence electrons. The lowest BCUT2D eigenvalue weighted by Crippen LogP contribution is -2.18. The number of hydrogen-bond donors (Lipinski definition) is 1. The number of benzene rings is 1. The number of rotatable bonds is 7. The van der Waals surface area contributed by atoms with E-state index in [-0.39, 0.29) is 5.75 Å². The van der Waals surface area contributed by atoms with E-state index in [1.165, 1.54) is 12.8 Å². The van der Waals surface area contributed by atoms with Crippen molar-refractivity contribution < 1.29 is 13.2 Å². The molecule has 0 saturated heterocycles. The highest BCUT2D eigenvalue weighted by Gasteiger charge is 2.22. The van der Waals surface area contributed by atoms with Crippen LogP contribution in [-0.2, 0) is 9.84 Å². The van der Waals surface area contributed by atoms with Crippen molar-refractivity contribution in [2.45, 2.75) is 32.1 Å². The van der Waals surface area contributed by atoms with Crippen molar-refractivity contribution >= 4 is 15.5 Å². The summed E-state index contributed by atoms with van der Waals surface area (Å²) in [5.74, 6) is 1.64. The predicted octanol–water partition coefficient (Wildman–Crippen LogP) is 2.64. The maximum absolute atomic E-state index is 12.0. The first-order valence-electron chi connectivity index (χ1n) is 7.24.